The first-order valence-electron chi connectivity index (χ1n) is 11.6. The molecule has 33 heavy (non-hydrogen) atoms. The number of carbonyl (C=O) groups is 3. The Hall–Kier alpha value is -2.16. The molecule has 1 aromatic carbocycles. The second-order valence-corrected chi connectivity index (χ2v) is 9.45. The van der Waals surface area contributed by atoms with Crippen molar-refractivity contribution < 1.29 is 29.0 Å². The molecule has 1 aromatic rings. The molecule has 0 aliphatic carbocycles. The van der Waals surface area contributed by atoms with Gasteiger partial charge in [-0.3, -0.25) is 14.4 Å². The number of hydrogen-bond acceptors (Lipinski definition) is 6. The first-order chi connectivity index (χ1) is 15.8. The van der Waals surface area contributed by atoms with E-state index in [0.717, 1.165) is 0 Å². The summed E-state index contributed by atoms with van der Waals surface area (Å²) in [5.74, 6) is -2.89. The molecule has 2 N–H and O–H groups in total. The Balaban J connectivity index is 1.80. The molecule has 2 unspecified atom stereocenters. The van der Waals surface area contributed by atoms with E-state index < -0.39 is 47.0 Å². The van der Waals surface area contributed by atoms with E-state index in [2.05, 4.69) is 5.32 Å². The second kappa shape index (κ2) is 8.89. The summed E-state index contributed by atoms with van der Waals surface area (Å²) in [6, 6.07) is 5.27. The van der Waals surface area contributed by atoms with Gasteiger partial charge in [0, 0.05) is 0 Å². The number of halogens is 1. The van der Waals surface area contributed by atoms with E-state index in [9.17, 15) is 19.5 Å². The van der Waals surface area contributed by atoms with Gasteiger partial charge in [-0.2, -0.15) is 0 Å². The van der Waals surface area contributed by atoms with Crippen LogP contribution < -0.4 is 5.32 Å². The van der Waals surface area contributed by atoms with Crippen molar-refractivity contribution in [3.63, 3.8) is 0 Å². The molecule has 0 radical (unpaired) electrons. The van der Waals surface area contributed by atoms with E-state index in [1.807, 2.05) is 13.8 Å². The maximum absolute atomic E-state index is 13.9. The zero-order valence-corrected chi connectivity index (χ0v) is 19.9. The minimum Gasteiger partial charge on any atom is -0.466 e. The van der Waals surface area contributed by atoms with Crippen LogP contribution in [0.5, 0.6) is 0 Å². The number of nitrogens with zero attached hydrogens (tertiary/aromatic N) is 1. The van der Waals surface area contributed by atoms with Gasteiger partial charge in [0.1, 0.15) is 17.6 Å². The van der Waals surface area contributed by atoms with Gasteiger partial charge < -0.3 is 24.8 Å². The van der Waals surface area contributed by atoms with Crippen LogP contribution in [-0.4, -0.2) is 64.3 Å². The Bertz CT molecular complexity index is 953. The number of aliphatic hydroxyl groups is 1. The van der Waals surface area contributed by atoms with Gasteiger partial charge in [-0.05, 0) is 44.7 Å². The Labute approximate surface area is 198 Å². The summed E-state index contributed by atoms with van der Waals surface area (Å²) in [6.45, 7) is 5.39. The van der Waals surface area contributed by atoms with Gasteiger partial charge in [0.2, 0.25) is 11.8 Å². The number of para-hydroxylation sites is 1. The lowest BCUT2D eigenvalue weighted by atomic mass is 9.65. The summed E-state index contributed by atoms with van der Waals surface area (Å²) in [7, 11) is 0. The molecule has 3 fully saturated rings. The zero-order chi connectivity index (χ0) is 24.0. The molecule has 4 rings (SSSR count). The first-order valence-corrected chi connectivity index (χ1v) is 12.0. The lowest BCUT2D eigenvalue weighted by molar-refractivity contribution is -0.161. The number of hydrogen-bond donors (Lipinski definition) is 2. The molecule has 3 aliphatic heterocycles. The van der Waals surface area contributed by atoms with Gasteiger partial charge in [0.25, 0.3) is 0 Å². The minimum atomic E-state index is -1.17. The molecule has 6 atom stereocenters. The summed E-state index contributed by atoms with van der Waals surface area (Å²) in [6.07, 6.45) is 1.99. The monoisotopic (exact) mass is 478 g/mol. The number of ether oxygens (including phenoxy) is 2. The Kier molecular flexibility index (Phi) is 6.46. The summed E-state index contributed by atoms with van der Waals surface area (Å²) in [4.78, 5) is 42.1. The minimum absolute atomic E-state index is 0.192. The molecule has 3 saturated heterocycles. The smallest absolute Gasteiger partial charge is 0.312 e. The van der Waals surface area contributed by atoms with Crippen molar-refractivity contribution in [2.24, 2.45) is 11.8 Å². The number of esters is 1. The SMILES string of the molecule is CCOC(=O)[C@@H]1[C@H]2C(=O)N([C@@H](CC)CO)C(C(=O)Nc3ccccc3Cl)C23CC[C@@]1(CC)O3. The van der Waals surface area contributed by atoms with Crippen LogP contribution in [0.4, 0.5) is 5.69 Å². The van der Waals surface area contributed by atoms with Crippen LogP contribution in [0.1, 0.15) is 46.5 Å². The van der Waals surface area contributed by atoms with Crippen LogP contribution in [0.3, 0.4) is 0 Å². The predicted octanol–water partition coefficient (Wildman–Crippen LogP) is 2.77. The van der Waals surface area contributed by atoms with E-state index >= 15 is 0 Å². The molecule has 0 aromatic heterocycles. The molecule has 3 heterocycles. The normalized spacial score (nSPS) is 33.2. The number of anilines is 1. The van der Waals surface area contributed by atoms with Gasteiger partial charge in [-0.1, -0.05) is 37.6 Å². The van der Waals surface area contributed by atoms with Crippen LogP contribution >= 0.6 is 11.6 Å². The fourth-order valence-corrected chi connectivity index (χ4v) is 6.30. The van der Waals surface area contributed by atoms with Gasteiger partial charge in [-0.25, -0.2) is 0 Å². The van der Waals surface area contributed by atoms with Gasteiger partial charge in [0.05, 0.1) is 41.5 Å². The number of nitrogens with one attached hydrogen (secondary N) is 1. The van der Waals surface area contributed by atoms with Crippen molar-refractivity contribution in [1.29, 1.82) is 0 Å². The summed E-state index contributed by atoms with van der Waals surface area (Å²) >= 11 is 6.26. The highest BCUT2D eigenvalue weighted by Crippen LogP contribution is 2.64. The van der Waals surface area contributed by atoms with Crippen molar-refractivity contribution in [1.82, 2.24) is 4.90 Å². The number of carbonyl (C=O) groups excluding carboxylic acids is 3. The molecule has 180 valence electrons. The van der Waals surface area contributed by atoms with Gasteiger partial charge >= 0.3 is 5.97 Å². The van der Waals surface area contributed by atoms with Crippen LogP contribution in [0.25, 0.3) is 0 Å². The standard InChI is InChI=1S/C24H31ClN2O6/c1-4-14(13-28)27-19(20(29)26-16-10-8-7-9-15(16)25)24-12-11-23(5-2,33-24)18(17(24)21(27)30)22(31)32-6-3/h7-10,14,17-19,28H,4-6,11-13H2,1-3H3,(H,26,29)/t14-,17-,18-,19?,23+,24?/m0/s1. The third kappa shape index (κ3) is 3.45. The van der Waals surface area contributed by atoms with E-state index in [1.165, 1.54) is 4.90 Å². The number of aliphatic hydroxyl groups excluding tert-OH is 1. The quantitative estimate of drug-likeness (QED) is 0.557. The van der Waals surface area contributed by atoms with E-state index in [4.69, 9.17) is 21.1 Å². The molecule has 1 spiro atoms. The zero-order valence-electron chi connectivity index (χ0n) is 19.2. The topological polar surface area (TPSA) is 105 Å². The van der Waals surface area contributed by atoms with Crippen molar-refractivity contribution >= 4 is 35.1 Å². The van der Waals surface area contributed by atoms with E-state index in [0.29, 0.717) is 36.4 Å². The van der Waals surface area contributed by atoms with Crippen molar-refractivity contribution in [3.8, 4) is 0 Å². The molecule has 9 heteroatoms. The van der Waals surface area contributed by atoms with E-state index in [1.54, 1.807) is 31.2 Å². The molecular weight excluding hydrogens is 448 g/mol. The lowest BCUT2D eigenvalue weighted by Crippen LogP contribution is -2.56. The van der Waals surface area contributed by atoms with Crippen molar-refractivity contribution in [2.75, 3.05) is 18.5 Å². The van der Waals surface area contributed by atoms with Crippen LogP contribution in [0, 0.1) is 11.8 Å². The Morgan fingerprint density at radius 2 is 2.03 bits per heavy atom. The highest BCUT2D eigenvalue weighted by Gasteiger charge is 2.79. The first kappa shape index (κ1) is 24.0. The Morgan fingerprint density at radius 3 is 2.64 bits per heavy atom. The fraction of sp³-hybridized carbons (Fsp3) is 0.625. The highest BCUT2D eigenvalue weighted by atomic mass is 35.5. The van der Waals surface area contributed by atoms with Crippen molar-refractivity contribution in [3.05, 3.63) is 29.3 Å². The molecule has 8 nitrogen and oxygen atoms in total. The van der Waals surface area contributed by atoms with Crippen LogP contribution in [-0.2, 0) is 23.9 Å². The maximum atomic E-state index is 13.9. The van der Waals surface area contributed by atoms with E-state index in [-0.39, 0.29) is 19.1 Å². The average Bonchev–Trinajstić information content (AvgIpc) is 3.40. The number of rotatable bonds is 8. The number of amides is 2. The number of fused-ring (bicyclic) bond motifs is 1. The highest BCUT2D eigenvalue weighted by molar-refractivity contribution is 6.33. The maximum Gasteiger partial charge on any atom is 0.312 e. The molecular formula is C24H31ClN2O6. The lowest BCUT2D eigenvalue weighted by Gasteiger charge is -2.37. The molecule has 0 saturated carbocycles. The summed E-state index contributed by atoms with van der Waals surface area (Å²) in [5.41, 5.74) is -1.59. The predicted molar refractivity (Wildman–Crippen MR) is 122 cm³/mol. The summed E-state index contributed by atoms with van der Waals surface area (Å²) in [5, 5.41) is 13.3. The van der Waals surface area contributed by atoms with Crippen LogP contribution in [0.15, 0.2) is 24.3 Å². The van der Waals surface area contributed by atoms with Crippen LogP contribution in [0.2, 0.25) is 5.02 Å². The third-order valence-electron chi connectivity index (χ3n) is 7.61. The number of benzene rings is 1. The molecule has 2 amide bonds. The second-order valence-electron chi connectivity index (χ2n) is 9.04. The fourth-order valence-electron chi connectivity index (χ4n) is 6.12. The average molecular weight is 479 g/mol. The summed E-state index contributed by atoms with van der Waals surface area (Å²) < 4.78 is 12.0. The van der Waals surface area contributed by atoms with Gasteiger partial charge in [0.15, 0.2) is 0 Å². The largest absolute Gasteiger partial charge is 0.466 e. The molecule has 3 aliphatic rings. The number of likely N-dealkylation sites (tertiary alicyclic amines) is 1. The van der Waals surface area contributed by atoms with Gasteiger partial charge in [-0.15, -0.1) is 0 Å². The Morgan fingerprint density at radius 1 is 1.30 bits per heavy atom. The van der Waals surface area contributed by atoms with Crippen molar-refractivity contribution in [2.45, 2.75) is 69.7 Å². The third-order valence-corrected chi connectivity index (χ3v) is 7.94. The molecule has 2 bridgehead atoms.